The zero-order chi connectivity index (χ0) is 15.8. The molecule has 4 N–H and O–H groups in total. The fourth-order valence-corrected chi connectivity index (χ4v) is 2.43. The summed E-state index contributed by atoms with van der Waals surface area (Å²) in [5.41, 5.74) is 7.33. The van der Waals surface area contributed by atoms with Crippen molar-refractivity contribution in [1.29, 1.82) is 5.41 Å². The Labute approximate surface area is 131 Å². The summed E-state index contributed by atoms with van der Waals surface area (Å²) in [7, 11) is 1.68. The zero-order valence-corrected chi connectivity index (χ0v) is 13.1. The highest BCUT2D eigenvalue weighted by Gasteiger charge is 2.05. The predicted octanol–water partition coefficient (Wildman–Crippen LogP) is 3.54. The number of hydrogen-bond donors (Lipinski definition) is 3. The monoisotopic (exact) mass is 300 g/mol. The van der Waals surface area contributed by atoms with E-state index >= 15 is 0 Å². The molecule has 0 aliphatic carbocycles. The van der Waals surface area contributed by atoms with Crippen LogP contribution in [0.25, 0.3) is 10.9 Å². The van der Waals surface area contributed by atoms with E-state index in [9.17, 15) is 0 Å². The summed E-state index contributed by atoms with van der Waals surface area (Å²) < 4.78 is 5.35. The SMILES string of the molecule is COc1cc(NCCCCCCC(=N)N)c2ncccc2c1. The van der Waals surface area contributed by atoms with Gasteiger partial charge in [-0.05, 0) is 25.0 Å². The van der Waals surface area contributed by atoms with E-state index in [0.717, 1.165) is 54.6 Å². The average Bonchev–Trinajstić information content (AvgIpc) is 2.53. The molecule has 118 valence electrons. The Bertz CT molecular complexity index is 627. The lowest BCUT2D eigenvalue weighted by molar-refractivity contribution is 0.415. The second kappa shape index (κ2) is 8.22. The predicted molar refractivity (Wildman–Crippen MR) is 91.8 cm³/mol. The van der Waals surface area contributed by atoms with Gasteiger partial charge in [0.25, 0.3) is 0 Å². The molecular formula is C17H24N4O. The highest BCUT2D eigenvalue weighted by molar-refractivity contribution is 5.91. The third-order valence-corrected chi connectivity index (χ3v) is 3.60. The van der Waals surface area contributed by atoms with E-state index in [4.69, 9.17) is 15.9 Å². The first-order chi connectivity index (χ1) is 10.7. The van der Waals surface area contributed by atoms with Gasteiger partial charge < -0.3 is 15.8 Å². The Hall–Kier alpha value is -2.30. The molecule has 0 unspecified atom stereocenters. The summed E-state index contributed by atoms with van der Waals surface area (Å²) in [5, 5.41) is 11.7. The first-order valence-corrected chi connectivity index (χ1v) is 7.70. The fourth-order valence-electron chi connectivity index (χ4n) is 2.43. The Morgan fingerprint density at radius 2 is 2.09 bits per heavy atom. The van der Waals surface area contributed by atoms with Gasteiger partial charge >= 0.3 is 0 Å². The van der Waals surface area contributed by atoms with Gasteiger partial charge in [-0.3, -0.25) is 10.4 Å². The summed E-state index contributed by atoms with van der Waals surface area (Å²) in [4.78, 5) is 4.45. The lowest BCUT2D eigenvalue weighted by Gasteiger charge is -2.11. The standard InChI is InChI=1S/C17H24N4O/c1-22-14-11-13-7-6-10-21-17(13)15(12-14)20-9-5-3-2-4-8-16(18)19/h6-7,10-12,20H,2-5,8-9H2,1H3,(H3,18,19). The number of fused-ring (bicyclic) bond motifs is 1. The van der Waals surface area contributed by atoms with Crippen LogP contribution in [0.5, 0.6) is 5.75 Å². The van der Waals surface area contributed by atoms with E-state index in [0.29, 0.717) is 6.42 Å². The second-order valence-corrected chi connectivity index (χ2v) is 5.37. The number of nitrogens with one attached hydrogen (secondary N) is 2. The van der Waals surface area contributed by atoms with E-state index in [2.05, 4.69) is 10.3 Å². The van der Waals surface area contributed by atoms with Crippen LogP contribution in [0.15, 0.2) is 30.5 Å². The van der Waals surface area contributed by atoms with Gasteiger partial charge in [0.05, 0.1) is 24.1 Å². The van der Waals surface area contributed by atoms with Crippen molar-refractivity contribution in [2.24, 2.45) is 5.73 Å². The largest absolute Gasteiger partial charge is 0.497 e. The van der Waals surface area contributed by atoms with Gasteiger partial charge in [-0.1, -0.05) is 18.9 Å². The Morgan fingerprint density at radius 3 is 2.86 bits per heavy atom. The van der Waals surface area contributed by atoms with Crippen LogP contribution in [0, 0.1) is 5.41 Å². The number of anilines is 1. The number of amidine groups is 1. The summed E-state index contributed by atoms with van der Waals surface area (Å²) in [6.07, 6.45) is 6.84. The van der Waals surface area contributed by atoms with Crippen molar-refractivity contribution in [2.45, 2.75) is 32.1 Å². The molecular weight excluding hydrogens is 276 g/mol. The minimum Gasteiger partial charge on any atom is -0.497 e. The zero-order valence-electron chi connectivity index (χ0n) is 13.1. The number of rotatable bonds is 9. The summed E-state index contributed by atoms with van der Waals surface area (Å²) in [6.45, 7) is 0.902. The smallest absolute Gasteiger partial charge is 0.121 e. The first kappa shape index (κ1) is 16.1. The minimum absolute atomic E-state index is 0.284. The van der Waals surface area contributed by atoms with Crippen LogP contribution in [-0.4, -0.2) is 24.5 Å². The van der Waals surface area contributed by atoms with E-state index in [1.165, 1.54) is 0 Å². The molecule has 1 aromatic heterocycles. The molecule has 0 fully saturated rings. The van der Waals surface area contributed by atoms with Crippen molar-refractivity contribution in [2.75, 3.05) is 19.0 Å². The van der Waals surface area contributed by atoms with Crippen LogP contribution in [0.3, 0.4) is 0 Å². The normalized spacial score (nSPS) is 10.6. The van der Waals surface area contributed by atoms with Crippen LogP contribution in [0.4, 0.5) is 5.69 Å². The molecule has 2 aromatic rings. The van der Waals surface area contributed by atoms with Gasteiger partial charge in [0.2, 0.25) is 0 Å². The van der Waals surface area contributed by atoms with Crippen molar-refractivity contribution in [3.05, 3.63) is 30.5 Å². The lowest BCUT2D eigenvalue weighted by Crippen LogP contribution is -2.08. The number of nitrogens with zero attached hydrogens (tertiary/aromatic N) is 1. The van der Waals surface area contributed by atoms with Crippen molar-refractivity contribution in [3.8, 4) is 5.75 Å². The van der Waals surface area contributed by atoms with Gasteiger partial charge in [0.1, 0.15) is 5.75 Å². The molecule has 0 saturated heterocycles. The molecule has 0 radical (unpaired) electrons. The first-order valence-electron chi connectivity index (χ1n) is 7.70. The molecule has 0 amide bonds. The summed E-state index contributed by atoms with van der Waals surface area (Å²) >= 11 is 0. The number of hydrogen-bond acceptors (Lipinski definition) is 4. The molecule has 5 heteroatoms. The molecule has 0 saturated carbocycles. The van der Waals surface area contributed by atoms with E-state index in [1.54, 1.807) is 7.11 Å². The van der Waals surface area contributed by atoms with Gasteiger partial charge in [-0.2, -0.15) is 0 Å². The van der Waals surface area contributed by atoms with Crippen molar-refractivity contribution in [3.63, 3.8) is 0 Å². The number of aromatic nitrogens is 1. The van der Waals surface area contributed by atoms with Crippen LogP contribution in [-0.2, 0) is 0 Å². The fraction of sp³-hybridized carbons (Fsp3) is 0.412. The van der Waals surface area contributed by atoms with E-state index in [-0.39, 0.29) is 5.84 Å². The lowest BCUT2D eigenvalue weighted by atomic mass is 10.1. The van der Waals surface area contributed by atoms with Crippen LogP contribution in [0.1, 0.15) is 32.1 Å². The van der Waals surface area contributed by atoms with Crippen LogP contribution < -0.4 is 15.8 Å². The van der Waals surface area contributed by atoms with Crippen molar-refractivity contribution < 1.29 is 4.74 Å². The van der Waals surface area contributed by atoms with Crippen molar-refractivity contribution in [1.82, 2.24) is 4.98 Å². The molecule has 0 spiro atoms. The molecule has 22 heavy (non-hydrogen) atoms. The quantitative estimate of drug-likeness (QED) is 0.376. The third-order valence-electron chi connectivity index (χ3n) is 3.60. The van der Waals surface area contributed by atoms with Crippen LogP contribution >= 0.6 is 0 Å². The number of benzene rings is 1. The number of pyridine rings is 1. The number of ether oxygens (including phenoxy) is 1. The van der Waals surface area contributed by atoms with E-state index in [1.807, 2.05) is 30.5 Å². The third kappa shape index (κ3) is 4.62. The maximum Gasteiger partial charge on any atom is 0.121 e. The minimum atomic E-state index is 0.284. The summed E-state index contributed by atoms with van der Waals surface area (Å²) in [5.74, 6) is 1.12. The van der Waals surface area contributed by atoms with E-state index < -0.39 is 0 Å². The van der Waals surface area contributed by atoms with Gasteiger partial charge in [0, 0.05) is 30.6 Å². The highest BCUT2D eigenvalue weighted by Crippen LogP contribution is 2.27. The number of methoxy groups -OCH3 is 1. The molecule has 1 aromatic carbocycles. The Morgan fingerprint density at radius 1 is 1.27 bits per heavy atom. The van der Waals surface area contributed by atoms with Crippen LogP contribution in [0.2, 0.25) is 0 Å². The molecule has 0 aliphatic heterocycles. The Balaban J connectivity index is 1.87. The Kier molecular flexibility index (Phi) is 6.01. The van der Waals surface area contributed by atoms with Gasteiger partial charge in [0.15, 0.2) is 0 Å². The average molecular weight is 300 g/mol. The highest BCUT2D eigenvalue weighted by atomic mass is 16.5. The molecule has 2 rings (SSSR count). The second-order valence-electron chi connectivity index (χ2n) is 5.37. The summed E-state index contributed by atoms with van der Waals surface area (Å²) in [6, 6.07) is 7.96. The topological polar surface area (TPSA) is 84.0 Å². The molecule has 1 heterocycles. The molecule has 0 atom stereocenters. The number of unbranched alkanes of at least 4 members (excludes halogenated alkanes) is 3. The van der Waals surface area contributed by atoms with Gasteiger partial charge in [-0.25, -0.2) is 0 Å². The maximum atomic E-state index is 7.18. The maximum absolute atomic E-state index is 7.18. The molecule has 5 nitrogen and oxygen atoms in total. The molecule has 0 bridgehead atoms. The number of nitrogens with two attached hydrogens (primary N) is 1. The molecule has 0 aliphatic rings. The van der Waals surface area contributed by atoms with Gasteiger partial charge in [-0.15, -0.1) is 0 Å². The van der Waals surface area contributed by atoms with Crippen molar-refractivity contribution >= 4 is 22.4 Å².